The van der Waals surface area contributed by atoms with Crippen LogP contribution in [0.15, 0.2) is 0 Å². The summed E-state index contributed by atoms with van der Waals surface area (Å²) in [7, 11) is 0. The normalized spacial score (nSPS) is 19.2. The van der Waals surface area contributed by atoms with E-state index in [0.717, 1.165) is 19.4 Å². The Morgan fingerprint density at radius 3 is 2.58 bits per heavy atom. The molecule has 6 heteroatoms. The van der Waals surface area contributed by atoms with E-state index >= 15 is 0 Å². The van der Waals surface area contributed by atoms with Gasteiger partial charge in [0.05, 0.1) is 12.5 Å². The maximum absolute atomic E-state index is 12.1. The Hall–Kier alpha value is -1.30. The molecule has 1 rings (SSSR count). The highest BCUT2D eigenvalue weighted by Crippen LogP contribution is 2.15. The Morgan fingerprint density at radius 1 is 1.42 bits per heavy atom. The number of carbonyl (C=O) groups is 2. The Bertz CT molecular complexity index is 319. The minimum atomic E-state index is -0.902. The lowest BCUT2D eigenvalue weighted by molar-refractivity contribution is -0.137. The fourth-order valence-electron chi connectivity index (χ4n) is 2.05. The molecule has 0 aromatic rings. The van der Waals surface area contributed by atoms with Crippen LogP contribution in [-0.2, 0) is 9.53 Å². The number of amides is 2. The molecule has 6 nitrogen and oxygen atoms in total. The molecule has 0 aromatic carbocycles. The van der Waals surface area contributed by atoms with Crippen LogP contribution in [0.1, 0.15) is 40.0 Å². The molecular weight excluding hydrogens is 248 g/mol. The number of carbonyl (C=O) groups excluding carboxylic acids is 1. The van der Waals surface area contributed by atoms with Crippen molar-refractivity contribution < 1.29 is 19.4 Å². The monoisotopic (exact) mass is 272 g/mol. The Labute approximate surface area is 114 Å². The molecule has 0 radical (unpaired) electrons. The molecule has 2 amide bonds. The van der Waals surface area contributed by atoms with Gasteiger partial charge >= 0.3 is 12.0 Å². The van der Waals surface area contributed by atoms with Crippen molar-refractivity contribution in [2.24, 2.45) is 0 Å². The summed E-state index contributed by atoms with van der Waals surface area (Å²) < 4.78 is 5.44. The van der Waals surface area contributed by atoms with Gasteiger partial charge in [0, 0.05) is 25.2 Å². The molecular formula is C13H24N2O4. The highest BCUT2D eigenvalue weighted by Gasteiger charge is 2.27. The maximum atomic E-state index is 12.1. The quantitative estimate of drug-likeness (QED) is 0.794. The number of ether oxygens (including phenoxy) is 1. The van der Waals surface area contributed by atoms with E-state index in [-0.39, 0.29) is 25.1 Å². The van der Waals surface area contributed by atoms with E-state index in [1.807, 2.05) is 20.8 Å². The smallest absolute Gasteiger partial charge is 0.317 e. The lowest BCUT2D eigenvalue weighted by atomic mass is 10.1. The Morgan fingerprint density at radius 2 is 2.11 bits per heavy atom. The molecule has 1 fully saturated rings. The summed E-state index contributed by atoms with van der Waals surface area (Å²) in [5.74, 6) is -0.902. The molecule has 0 aromatic heterocycles. The summed E-state index contributed by atoms with van der Waals surface area (Å²) in [4.78, 5) is 24.3. The van der Waals surface area contributed by atoms with Gasteiger partial charge in [-0.15, -0.1) is 0 Å². The van der Waals surface area contributed by atoms with Gasteiger partial charge < -0.3 is 20.1 Å². The van der Waals surface area contributed by atoms with Gasteiger partial charge in [-0.1, -0.05) is 0 Å². The molecule has 1 atom stereocenters. The second-order valence-corrected chi connectivity index (χ2v) is 5.79. The summed E-state index contributed by atoms with van der Waals surface area (Å²) in [5, 5.41) is 11.6. The first-order valence-corrected chi connectivity index (χ1v) is 6.69. The summed E-state index contributed by atoms with van der Waals surface area (Å²) in [6, 6.07) is -0.232. The summed E-state index contributed by atoms with van der Waals surface area (Å²) in [6.07, 6.45) is 2.03. The van der Waals surface area contributed by atoms with Crippen LogP contribution in [-0.4, -0.2) is 53.3 Å². The van der Waals surface area contributed by atoms with Crippen molar-refractivity contribution in [3.8, 4) is 0 Å². The summed E-state index contributed by atoms with van der Waals surface area (Å²) >= 11 is 0. The van der Waals surface area contributed by atoms with E-state index in [1.54, 1.807) is 4.90 Å². The van der Waals surface area contributed by atoms with Crippen LogP contribution in [0.25, 0.3) is 0 Å². The molecule has 1 unspecified atom stereocenters. The molecule has 0 saturated carbocycles. The average Bonchev–Trinajstić information content (AvgIpc) is 2.76. The third-order valence-corrected chi connectivity index (χ3v) is 3.11. The topological polar surface area (TPSA) is 78.9 Å². The third-order valence-electron chi connectivity index (χ3n) is 3.11. The first kappa shape index (κ1) is 15.8. The van der Waals surface area contributed by atoms with E-state index < -0.39 is 11.5 Å². The van der Waals surface area contributed by atoms with Crippen LogP contribution in [0.5, 0.6) is 0 Å². The standard InChI is InChI=1S/C13H24N2O4/c1-13(2,3)15(7-6-11(16)17)12(18)14-9-10-5-4-8-19-10/h10H,4-9H2,1-3H3,(H,14,18)(H,16,17). The minimum absolute atomic E-state index is 0.0510. The number of carboxylic acid groups (broad SMARTS) is 1. The highest BCUT2D eigenvalue weighted by atomic mass is 16.5. The fourth-order valence-corrected chi connectivity index (χ4v) is 2.05. The Balaban J connectivity index is 2.48. The molecule has 1 saturated heterocycles. The molecule has 19 heavy (non-hydrogen) atoms. The van der Waals surface area contributed by atoms with Crippen molar-refractivity contribution in [3.63, 3.8) is 0 Å². The second-order valence-electron chi connectivity index (χ2n) is 5.79. The van der Waals surface area contributed by atoms with Gasteiger partial charge in [-0.05, 0) is 33.6 Å². The zero-order chi connectivity index (χ0) is 14.5. The van der Waals surface area contributed by atoms with Crippen LogP contribution in [0.2, 0.25) is 0 Å². The van der Waals surface area contributed by atoms with Crippen molar-refractivity contribution in [3.05, 3.63) is 0 Å². The number of hydrogen-bond acceptors (Lipinski definition) is 3. The second kappa shape index (κ2) is 6.75. The fraction of sp³-hybridized carbons (Fsp3) is 0.846. The van der Waals surface area contributed by atoms with Gasteiger partial charge in [-0.2, -0.15) is 0 Å². The van der Waals surface area contributed by atoms with Crippen molar-refractivity contribution in [2.45, 2.75) is 51.7 Å². The van der Waals surface area contributed by atoms with Crippen LogP contribution < -0.4 is 5.32 Å². The SMILES string of the molecule is CC(C)(C)N(CCC(=O)O)C(=O)NCC1CCCO1. The largest absolute Gasteiger partial charge is 0.481 e. The third kappa shape index (κ3) is 5.46. The highest BCUT2D eigenvalue weighted by molar-refractivity contribution is 5.76. The molecule has 0 bridgehead atoms. The van der Waals surface area contributed by atoms with Crippen LogP contribution >= 0.6 is 0 Å². The predicted octanol–water partition coefficient (Wildman–Crippen LogP) is 1.45. The van der Waals surface area contributed by atoms with Crippen LogP contribution in [0.4, 0.5) is 4.79 Å². The van der Waals surface area contributed by atoms with Crippen LogP contribution in [0.3, 0.4) is 0 Å². The van der Waals surface area contributed by atoms with E-state index in [9.17, 15) is 9.59 Å². The van der Waals surface area contributed by atoms with Crippen molar-refractivity contribution in [1.29, 1.82) is 0 Å². The first-order chi connectivity index (χ1) is 8.80. The summed E-state index contributed by atoms with van der Waals surface area (Å²) in [5.41, 5.74) is -0.407. The maximum Gasteiger partial charge on any atom is 0.317 e. The number of urea groups is 1. The molecule has 0 spiro atoms. The van der Waals surface area contributed by atoms with Crippen molar-refractivity contribution in [1.82, 2.24) is 10.2 Å². The van der Waals surface area contributed by atoms with Crippen LogP contribution in [0, 0.1) is 0 Å². The minimum Gasteiger partial charge on any atom is -0.481 e. The molecule has 110 valence electrons. The lowest BCUT2D eigenvalue weighted by Gasteiger charge is -2.35. The van der Waals surface area contributed by atoms with E-state index in [1.165, 1.54) is 0 Å². The van der Waals surface area contributed by atoms with Gasteiger partial charge in [-0.3, -0.25) is 4.79 Å². The van der Waals surface area contributed by atoms with E-state index in [0.29, 0.717) is 6.54 Å². The average molecular weight is 272 g/mol. The number of nitrogens with zero attached hydrogens (tertiary/aromatic N) is 1. The van der Waals surface area contributed by atoms with Gasteiger partial charge in [0.1, 0.15) is 0 Å². The number of hydrogen-bond donors (Lipinski definition) is 2. The zero-order valence-corrected chi connectivity index (χ0v) is 11.9. The lowest BCUT2D eigenvalue weighted by Crippen LogP contribution is -2.52. The van der Waals surface area contributed by atoms with Crippen molar-refractivity contribution in [2.75, 3.05) is 19.7 Å². The van der Waals surface area contributed by atoms with Gasteiger partial charge in [0.15, 0.2) is 0 Å². The molecule has 1 heterocycles. The number of aliphatic carboxylic acids is 1. The van der Waals surface area contributed by atoms with Gasteiger partial charge in [-0.25, -0.2) is 4.79 Å². The molecule has 0 aliphatic carbocycles. The van der Waals surface area contributed by atoms with E-state index in [4.69, 9.17) is 9.84 Å². The summed E-state index contributed by atoms with van der Waals surface area (Å²) in [6.45, 7) is 7.11. The Kier molecular flexibility index (Phi) is 5.60. The van der Waals surface area contributed by atoms with Gasteiger partial charge in [0.25, 0.3) is 0 Å². The zero-order valence-electron chi connectivity index (χ0n) is 11.9. The number of carboxylic acids is 1. The van der Waals surface area contributed by atoms with Gasteiger partial charge in [0.2, 0.25) is 0 Å². The number of nitrogens with one attached hydrogen (secondary N) is 1. The van der Waals surface area contributed by atoms with E-state index in [2.05, 4.69) is 5.32 Å². The molecule has 1 aliphatic heterocycles. The first-order valence-electron chi connectivity index (χ1n) is 6.69. The molecule has 2 N–H and O–H groups in total. The predicted molar refractivity (Wildman–Crippen MR) is 71.1 cm³/mol. The molecule has 1 aliphatic rings. The van der Waals surface area contributed by atoms with Crippen molar-refractivity contribution >= 4 is 12.0 Å². The number of rotatable bonds is 5.